The van der Waals surface area contributed by atoms with E-state index in [-0.39, 0.29) is 31.6 Å². The Morgan fingerprint density at radius 3 is 1.59 bits per heavy atom. The number of carbonyl (C=O) groups excluding carboxylic acids is 3. The van der Waals surface area contributed by atoms with Gasteiger partial charge in [0.05, 0.1) is 6.61 Å². The molecule has 0 aromatic carbocycles. The standard InChI is InChI=1S/C28H52O6/c1-2-3-4-5-6-7-8-9-10-11-12-15-18-21-27(31)33-25-26(24-30)34-28(32)22-19-16-13-14-17-20-23-29/h23,26,30H,2-22,24-25H2,1H3/t26-/m0/s1. The number of aliphatic hydroxyl groups is 1. The third kappa shape index (κ3) is 23.7. The zero-order chi connectivity index (χ0) is 25.1. The van der Waals surface area contributed by atoms with Crippen LogP contribution in [0.5, 0.6) is 0 Å². The lowest BCUT2D eigenvalue weighted by molar-refractivity contribution is -0.161. The number of hydrogen-bond donors (Lipinski definition) is 1. The average molecular weight is 485 g/mol. The SMILES string of the molecule is CCCCCCCCCCCCCCCC(=O)OC[C@H](CO)OC(=O)CCCCCCCC=O. The Labute approximate surface area is 208 Å². The van der Waals surface area contributed by atoms with E-state index in [4.69, 9.17) is 9.47 Å². The van der Waals surface area contributed by atoms with Gasteiger partial charge in [-0.15, -0.1) is 0 Å². The molecule has 6 heteroatoms. The second-order valence-corrected chi connectivity index (χ2v) is 9.44. The monoisotopic (exact) mass is 484 g/mol. The second-order valence-electron chi connectivity index (χ2n) is 9.44. The molecule has 0 heterocycles. The molecule has 34 heavy (non-hydrogen) atoms. The average Bonchev–Trinajstić information content (AvgIpc) is 2.84. The predicted molar refractivity (Wildman–Crippen MR) is 137 cm³/mol. The van der Waals surface area contributed by atoms with Gasteiger partial charge < -0.3 is 19.4 Å². The summed E-state index contributed by atoms with van der Waals surface area (Å²) >= 11 is 0. The molecule has 0 spiro atoms. The van der Waals surface area contributed by atoms with Crippen LogP contribution >= 0.6 is 0 Å². The van der Waals surface area contributed by atoms with E-state index in [0.29, 0.717) is 12.8 Å². The summed E-state index contributed by atoms with van der Waals surface area (Å²) in [5, 5.41) is 9.38. The highest BCUT2D eigenvalue weighted by atomic mass is 16.6. The van der Waals surface area contributed by atoms with Crippen molar-refractivity contribution >= 4 is 18.2 Å². The number of hydrogen-bond acceptors (Lipinski definition) is 6. The van der Waals surface area contributed by atoms with Crippen LogP contribution in [0.2, 0.25) is 0 Å². The highest BCUT2D eigenvalue weighted by Crippen LogP contribution is 2.13. The number of carbonyl (C=O) groups is 3. The maximum atomic E-state index is 11.9. The van der Waals surface area contributed by atoms with E-state index < -0.39 is 6.10 Å². The number of rotatable bonds is 26. The maximum Gasteiger partial charge on any atom is 0.306 e. The summed E-state index contributed by atoms with van der Waals surface area (Å²) < 4.78 is 10.4. The summed E-state index contributed by atoms with van der Waals surface area (Å²) in [4.78, 5) is 34.0. The van der Waals surface area contributed by atoms with Gasteiger partial charge in [-0.3, -0.25) is 9.59 Å². The van der Waals surface area contributed by atoms with Crippen molar-refractivity contribution < 1.29 is 29.0 Å². The summed E-state index contributed by atoms with van der Waals surface area (Å²) in [5.74, 6) is -0.674. The third-order valence-electron chi connectivity index (χ3n) is 6.12. The lowest BCUT2D eigenvalue weighted by atomic mass is 10.0. The van der Waals surface area contributed by atoms with Crippen molar-refractivity contribution in [2.24, 2.45) is 0 Å². The number of ether oxygens (including phenoxy) is 2. The minimum atomic E-state index is -0.796. The van der Waals surface area contributed by atoms with E-state index in [9.17, 15) is 19.5 Å². The topological polar surface area (TPSA) is 89.9 Å². The summed E-state index contributed by atoms with van der Waals surface area (Å²) in [6, 6.07) is 0. The van der Waals surface area contributed by atoms with Gasteiger partial charge in [0.2, 0.25) is 0 Å². The van der Waals surface area contributed by atoms with Crippen molar-refractivity contribution in [3.05, 3.63) is 0 Å². The molecular formula is C28H52O6. The number of aliphatic hydroxyl groups excluding tert-OH is 1. The normalized spacial score (nSPS) is 11.8. The lowest BCUT2D eigenvalue weighted by Gasteiger charge is -2.15. The van der Waals surface area contributed by atoms with Crippen LogP contribution in [0, 0.1) is 0 Å². The molecule has 0 fully saturated rings. The van der Waals surface area contributed by atoms with Crippen LogP contribution in [0.1, 0.15) is 142 Å². The first kappa shape index (κ1) is 32.6. The van der Waals surface area contributed by atoms with Crippen molar-refractivity contribution in [3.8, 4) is 0 Å². The predicted octanol–water partition coefficient (Wildman–Crippen LogP) is 6.84. The summed E-state index contributed by atoms with van der Waals surface area (Å²) in [6.07, 6.45) is 22.2. The Balaban J connectivity index is 3.56. The maximum absolute atomic E-state index is 11.9. The molecule has 0 unspecified atom stereocenters. The zero-order valence-electron chi connectivity index (χ0n) is 21.9. The van der Waals surface area contributed by atoms with Crippen molar-refractivity contribution in [1.82, 2.24) is 0 Å². The van der Waals surface area contributed by atoms with E-state index in [1.807, 2.05) is 0 Å². The van der Waals surface area contributed by atoms with Crippen molar-refractivity contribution in [1.29, 1.82) is 0 Å². The number of aldehydes is 1. The first-order valence-electron chi connectivity index (χ1n) is 14.0. The van der Waals surface area contributed by atoms with Gasteiger partial charge in [-0.2, -0.15) is 0 Å². The molecule has 0 rings (SSSR count). The second kappa shape index (κ2) is 26.2. The molecule has 1 atom stereocenters. The largest absolute Gasteiger partial charge is 0.462 e. The molecule has 1 N–H and O–H groups in total. The van der Waals surface area contributed by atoms with Gasteiger partial charge in [0.25, 0.3) is 0 Å². The van der Waals surface area contributed by atoms with Crippen LogP contribution in [0.3, 0.4) is 0 Å². The Morgan fingerprint density at radius 2 is 1.12 bits per heavy atom. The first-order valence-corrected chi connectivity index (χ1v) is 14.0. The minimum absolute atomic E-state index is 0.0921. The van der Waals surface area contributed by atoms with Crippen LogP contribution in [0.4, 0.5) is 0 Å². The quantitative estimate of drug-likeness (QED) is 0.0820. The Bertz CT molecular complexity index is 480. The van der Waals surface area contributed by atoms with Gasteiger partial charge in [0.1, 0.15) is 12.9 Å². The molecule has 0 amide bonds. The fourth-order valence-corrected chi connectivity index (χ4v) is 3.94. The molecule has 0 aliphatic heterocycles. The Kier molecular flexibility index (Phi) is 25.1. The van der Waals surface area contributed by atoms with Crippen LogP contribution in [0.25, 0.3) is 0 Å². The highest BCUT2D eigenvalue weighted by molar-refractivity contribution is 5.70. The van der Waals surface area contributed by atoms with Crippen molar-refractivity contribution in [3.63, 3.8) is 0 Å². The summed E-state index contributed by atoms with van der Waals surface area (Å²) in [7, 11) is 0. The molecular weight excluding hydrogens is 432 g/mol. The molecule has 0 aliphatic rings. The molecule has 6 nitrogen and oxygen atoms in total. The van der Waals surface area contributed by atoms with Crippen molar-refractivity contribution in [2.45, 2.75) is 148 Å². The molecule has 200 valence electrons. The lowest BCUT2D eigenvalue weighted by Crippen LogP contribution is -2.28. The van der Waals surface area contributed by atoms with Gasteiger partial charge in [0, 0.05) is 19.3 Å². The Morgan fingerprint density at radius 1 is 0.676 bits per heavy atom. The fraction of sp³-hybridized carbons (Fsp3) is 0.893. The van der Waals surface area contributed by atoms with E-state index >= 15 is 0 Å². The summed E-state index contributed by atoms with van der Waals surface area (Å²) in [5.41, 5.74) is 0. The smallest absolute Gasteiger partial charge is 0.306 e. The molecule has 0 aliphatic carbocycles. The molecule has 0 saturated heterocycles. The molecule has 0 aromatic heterocycles. The third-order valence-corrected chi connectivity index (χ3v) is 6.12. The number of esters is 2. The Hall–Kier alpha value is -1.43. The fourth-order valence-electron chi connectivity index (χ4n) is 3.94. The van der Waals surface area contributed by atoms with E-state index in [0.717, 1.165) is 57.7 Å². The number of unbranched alkanes of at least 4 members (excludes halogenated alkanes) is 17. The van der Waals surface area contributed by atoms with Gasteiger partial charge in [-0.05, 0) is 19.3 Å². The molecule has 0 saturated carbocycles. The van der Waals surface area contributed by atoms with Gasteiger partial charge >= 0.3 is 11.9 Å². The van der Waals surface area contributed by atoms with Crippen LogP contribution in [0.15, 0.2) is 0 Å². The van der Waals surface area contributed by atoms with Gasteiger partial charge in [-0.1, -0.05) is 103 Å². The first-order chi connectivity index (χ1) is 16.6. The molecule has 0 radical (unpaired) electrons. The highest BCUT2D eigenvalue weighted by Gasteiger charge is 2.16. The minimum Gasteiger partial charge on any atom is -0.462 e. The summed E-state index contributed by atoms with van der Waals surface area (Å²) in [6.45, 7) is 1.80. The van der Waals surface area contributed by atoms with E-state index in [1.165, 1.54) is 64.2 Å². The van der Waals surface area contributed by atoms with E-state index in [2.05, 4.69) is 6.92 Å². The zero-order valence-corrected chi connectivity index (χ0v) is 21.9. The van der Waals surface area contributed by atoms with Crippen molar-refractivity contribution in [2.75, 3.05) is 13.2 Å². The van der Waals surface area contributed by atoms with Gasteiger partial charge in [0.15, 0.2) is 6.10 Å². The van der Waals surface area contributed by atoms with Crippen LogP contribution in [-0.2, 0) is 23.9 Å². The van der Waals surface area contributed by atoms with Gasteiger partial charge in [-0.25, -0.2) is 0 Å². The molecule has 0 bridgehead atoms. The van der Waals surface area contributed by atoms with E-state index in [1.54, 1.807) is 0 Å². The van der Waals surface area contributed by atoms with Crippen LogP contribution in [-0.4, -0.2) is 42.6 Å². The van der Waals surface area contributed by atoms with Crippen LogP contribution < -0.4 is 0 Å². The molecule has 0 aromatic rings.